The van der Waals surface area contributed by atoms with E-state index in [2.05, 4.69) is 26.6 Å². The van der Waals surface area contributed by atoms with Gasteiger partial charge in [-0.15, -0.1) is 0 Å². The molecule has 1 atom stereocenters. The van der Waals surface area contributed by atoms with Gasteiger partial charge in [-0.1, -0.05) is 35.0 Å². The summed E-state index contributed by atoms with van der Waals surface area (Å²) >= 11 is 3.27. The normalized spacial score (nSPS) is 11.3. The Morgan fingerprint density at radius 1 is 1.12 bits per heavy atom. The minimum absolute atomic E-state index is 0.0173. The minimum Gasteiger partial charge on any atom is -0.456 e. The topological polar surface area (TPSA) is 102 Å². The fourth-order valence-corrected chi connectivity index (χ4v) is 2.00. The number of ether oxygens (including phenoxy) is 1. The van der Waals surface area contributed by atoms with Gasteiger partial charge in [0.1, 0.15) is 0 Å². The number of carbonyl (C=O) groups is 4. The summed E-state index contributed by atoms with van der Waals surface area (Å²) in [5.41, 5.74) is 0.496. The van der Waals surface area contributed by atoms with Gasteiger partial charge in [-0.3, -0.25) is 19.7 Å². The van der Waals surface area contributed by atoms with Crippen molar-refractivity contribution in [2.45, 2.75) is 39.2 Å². The highest BCUT2D eigenvalue weighted by Gasteiger charge is 2.14. The first-order chi connectivity index (χ1) is 11.8. The van der Waals surface area contributed by atoms with E-state index in [0.29, 0.717) is 5.56 Å². The van der Waals surface area contributed by atoms with Crippen LogP contribution in [0.25, 0.3) is 0 Å². The lowest BCUT2D eigenvalue weighted by molar-refractivity contribution is -0.148. The molecule has 0 saturated heterocycles. The number of benzene rings is 1. The molecule has 0 bridgehead atoms. The highest BCUT2D eigenvalue weighted by molar-refractivity contribution is 9.10. The maximum Gasteiger partial charge on any atom is 0.321 e. The average Bonchev–Trinajstić information content (AvgIpc) is 2.58. The van der Waals surface area contributed by atoms with Crippen molar-refractivity contribution >= 4 is 39.6 Å². The third kappa shape index (κ3) is 8.44. The number of nitrogens with one attached hydrogen (secondary N) is 2. The molecular formula is C17H21BrN2O5. The standard InChI is InChI=1S/C17H21BrN2O5/c1-3-11(2)19-17(24)20-15(22)10-25-16(23)9-8-14(21)12-4-6-13(18)7-5-12/h4-7,11H,3,8-10H2,1-2H3,(H2,19,20,22,24)/t11-/m0/s1. The molecule has 0 heterocycles. The molecule has 0 aliphatic rings. The third-order valence-electron chi connectivity index (χ3n) is 3.33. The number of amides is 3. The summed E-state index contributed by atoms with van der Waals surface area (Å²) in [5.74, 6) is -1.60. The van der Waals surface area contributed by atoms with Crippen molar-refractivity contribution < 1.29 is 23.9 Å². The average molecular weight is 413 g/mol. The monoisotopic (exact) mass is 412 g/mol. The molecule has 0 aromatic heterocycles. The smallest absolute Gasteiger partial charge is 0.321 e. The van der Waals surface area contributed by atoms with Crippen LogP contribution >= 0.6 is 15.9 Å². The van der Waals surface area contributed by atoms with Crippen LogP contribution < -0.4 is 10.6 Å². The molecule has 136 valence electrons. The van der Waals surface area contributed by atoms with Crippen LogP contribution in [0.2, 0.25) is 0 Å². The molecule has 0 fully saturated rings. The molecule has 3 amide bonds. The van der Waals surface area contributed by atoms with E-state index in [1.165, 1.54) is 0 Å². The Hall–Kier alpha value is -2.22. The number of imide groups is 1. The molecule has 0 aliphatic heterocycles. The molecule has 1 rings (SSSR count). The van der Waals surface area contributed by atoms with Gasteiger partial charge >= 0.3 is 12.0 Å². The number of urea groups is 1. The van der Waals surface area contributed by atoms with E-state index in [1.807, 2.05) is 6.92 Å². The molecular weight excluding hydrogens is 392 g/mol. The van der Waals surface area contributed by atoms with Gasteiger partial charge in [-0.25, -0.2) is 4.79 Å². The number of rotatable bonds is 8. The van der Waals surface area contributed by atoms with Gasteiger partial charge in [-0.05, 0) is 25.5 Å². The number of ketones is 1. The summed E-state index contributed by atoms with van der Waals surface area (Å²) in [6.45, 7) is 3.12. The Bertz CT molecular complexity index is 630. The molecule has 0 radical (unpaired) electrons. The quantitative estimate of drug-likeness (QED) is 0.504. The van der Waals surface area contributed by atoms with Crippen molar-refractivity contribution in [3.63, 3.8) is 0 Å². The predicted molar refractivity (Wildman–Crippen MR) is 95.1 cm³/mol. The maximum atomic E-state index is 11.9. The number of Topliss-reactive ketones (excluding diaryl/α,β-unsaturated/α-hetero) is 1. The molecule has 25 heavy (non-hydrogen) atoms. The van der Waals surface area contributed by atoms with E-state index in [0.717, 1.165) is 10.9 Å². The Labute approximate surface area is 154 Å². The number of halogens is 1. The molecule has 7 nitrogen and oxygen atoms in total. The van der Waals surface area contributed by atoms with Gasteiger partial charge in [0, 0.05) is 22.5 Å². The number of hydrogen-bond acceptors (Lipinski definition) is 5. The lowest BCUT2D eigenvalue weighted by Crippen LogP contribution is -2.44. The zero-order chi connectivity index (χ0) is 18.8. The van der Waals surface area contributed by atoms with Crippen molar-refractivity contribution in [1.82, 2.24) is 10.6 Å². The van der Waals surface area contributed by atoms with Gasteiger partial charge in [0.15, 0.2) is 12.4 Å². The Morgan fingerprint density at radius 3 is 2.36 bits per heavy atom. The zero-order valence-corrected chi connectivity index (χ0v) is 15.7. The van der Waals surface area contributed by atoms with Crippen LogP contribution in [0, 0.1) is 0 Å². The van der Waals surface area contributed by atoms with Crippen LogP contribution in [0.4, 0.5) is 4.79 Å². The second kappa shape index (κ2) is 10.6. The number of hydrogen-bond donors (Lipinski definition) is 2. The van der Waals surface area contributed by atoms with E-state index in [-0.39, 0.29) is 24.7 Å². The fraction of sp³-hybridized carbons (Fsp3) is 0.412. The van der Waals surface area contributed by atoms with E-state index in [9.17, 15) is 19.2 Å². The van der Waals surface area contributed by atoms with Crippen LogP contribution in [0.15, 0.2) is 28.7 Å². The van der Waals surface area contributed by atoms with Crippen molar-refractivity contribution in [3.05, 3.63) is 34.3 Å². The van der Waals surface area contributed by atoms with Crippen molar-refractivity contribution in [2.24, 2.45) is 0 Å². The number of carbonyl (C=O) groups excluding carboxylic acids is 4. The second-order valence-electron chi connectivity index (χ2n) is 5.42. The third-order valence-corrected chi connectivity index (χ3v) is 3.86. The summed E-state index contributed by atoms with van der Waals surface area (Å²) in [6.07, 6.45) is 0.570. The van der Waals surface area contributed by atoms with Gasteiger partial charge in [-0.2, -0.15) is 0 Å². The van der Waals surface area contributed by atoms with Gasteiger partial charge in [0.05, 0.1) is 6.42 Å². The molecule has 1 aromatic carbocycles. The zero-order valence-electron chi connectivity index (χ0n) is 14.1. The van der Waals surface area contributed by atoms with Gasteiger partial charge < -0.3 is 10.1 Å². The minimum atomic E-state index is -0.728. The molecule has 0 unspecified atom stereocenters. The molecule has 0 spiro atoms. The van der Waals surface area contributed by atoms with Crippen molar-refractivity contribution in [3.8, 4) is 0 Å². The molecule has 1 aromatic rings. The Kier molecular flexibility index (Phi) is 8.83. The van der Waals surface area contributed by atoms with Crippen LogP contribution in [0.1, 0.15) is 43.5 Å². The highest BCUT2D eigenvalue weighted by Crippen LogP contribution is 2.12. The van der Waals surface area contributed by atoms with E-state index in [4.69, 9.17) is 4.74 Å². The SMILES string of the molecule is CC[C@H](C)NC(=O)NC(=O)COC(=O)CCC(=O)c1ccc(Br)cc1. The van der Waals surface area contributed by atoms with E-state index < -0.39 is 24.5 Å². The van der Waals surface area contributed by atoms with Crippen molar-refractivity contribution in [1.29, 1.82) is 0 Å². The van der Waals surface area contributed by atoms with Crippen LogP contribution in [0.5, 0.6) is 0 Å². The highest BCUT2D eigenvalue weighted by atomic mass is 79.9. The van der Waals surface area contributed by atoms with Crippen LogP contribution in [-0.2, 0) is 14.3 Å². The lowest BCUT2D eigenvalue weighted by Gasteiger charge is -2.11. The molecule has 8 heteroatoms. The predicted octanol–water partition coefficient (Wildman–Crippen LogP) is 2.58. The largest absolute Gasteiger partial charge is 0.456 e. The Morgan fingerprint density at radius 2 is 1.76 bits per heavy atom. The second-order valence-corrected chi connectivity index (χ2v) is 6.34. The molecule has 0 aliphatic carbocycles. The first-order valence-corrected chi connectivity index (χ1v) is 8.65. The summed E-state index contributed by atoms with van der Waals surface area (Å²) < 4.78 is 5.60. The first-order valence-electron chi connectivity index (χ1n) is 7.86. The maximum absolute atomic E-state index is 11.9. The van der Waals surface area contributed by atoms with Gasteiger partial charge in [0.2, 0.25) is 0 Å². The summed E-state index contributed by atoms with van der Waals surface area (Å²) in [7, 11) is 0. The summed E-state index contributed by atoms with van der Waals surface area (Å²) in [6, 6.07) is 6.07. The Balaban J connectivity index is 2.28. The summed E-state index contributed by atoms with van der Waals surface area (Å²) in [5, 5.41) is 4.61. The molecule has 2 N–H and O–H groups in total. The van der Waals surface area contributed by atoms with E-state index in [1.54, 1.807) is 31.2 Å². The first kappa shape index (κ1) is 20.8. The number of esters is 1. The van der Waals surface area contributed by atoms with Crippen LogP contribution in [0.3, 0.4) is 0 Å². The van der Waals surface area contributed by atoms with E-state index >= 15 is 0 Å². The van der Waals surface area contributed by atoms with Gasteiger partial charge in [0.25, 0.3) is 5.91 Å². The summed E-state index contributed by atoms with van der Waals surface area (Å²) in [4.78, 5) is 46.4. The van der Waals surface area contributed by atoms with Crippen molar-refractivity contribution in [2.75, 3.05) is 6.61 Å². The lowest BCUT2D eigenvalue weighted by atomic mass is 10.1. The fourth-order valence-electron chi connectivity index (χ4n) is 1.74. The molecule has 0 saturated carbocycles. The van der Waals surface area contributed by atoms with Crippen LogP contribution in [-0.4, -0.2) is 36.3 Å².